The molecule has 0 radical (unpaired) electrons. The molecular weight excluding hydrogens is 480 g/mol. The zero-order valence-corrected chi connectivity index (χ0v) is 18.6. The van der Waals surface area contributed by atoms with E-state index < -0.39 is 0 Å². The lowest BCUT2D eigenvalue weighted by atomic mass is 9.95. The first-order valence-electron chi connectivity index (χ1n) is 9.48. The van der Waals surface area contributed by atoms with Crippen molar-refractivity contribution >= 4 is 29.9 Å². The first-order valence-corrected chi connectivity index (χ1v) is 9.48. The van der Waals surface area contributed by atoms with Crippen molar-refractivity contribution < 1.29 is 4.39 Å². The van der Waals surface area contributed by atoms with Crippen LogP contribution in [0.15, 0.2) is 72.2 Å². The van der Waals surface area contributed by atoms with E-state index in [0.717, 1.165) is 29.7 Å². The predicted octanol–water partition coefficient (Wildman–Crippen LogP) is 4.03. The summed E-state index contributed by atoms with van der Waals surface area (Å²) in [4.78, 5) is 8.45. The molecule has 0 amide bonds. The molecule has 0 atom stereocenters. The molecule has 0 unspecified atom stereocenters. The second-order valence-electron chi connectivity index (χ2n) is 7.14. The van der Waals surface area contributed by atoms with E-state index >= 15 is 0 Å². The Morgan fingerprint density at radius 1 is 1.14 bits per heavy atom. The van der Waals surface area contributed by atoms with Crippen LogP contribution in [0.5, 0.6) is 0 Å². The maximum atomic E-state index is 14.2. The lowest BCUT2D eigenvalue weighted by Gasteiger charge is -2.20. The minimum atomic E-state index is -0.127. The van der Waals surface area contributed by atoms with Crippen molar-refractivity contribution in [2.24, 2.45) is 4.99 Å². The number of para-hydroxylation sites is 1. The molecule has 0 aliphatic heterocycles. The number of nitrogens with one attached hydrogen (secondary N) is 2. The third-order valence-corrected chi connectivity index (χ3v) is 5.34. The SMILES string of the molecule is CN=C(NCc1ccccc1-n1ccnc1)NCC1(c2ccccc2F)CC1.I. The van der Waals surface area contributed by atoms with Gasteiger partial charge in [0.15, 0.2) is 5.96 Å². The van der Waals surface area contributed by atoms with Crippen LogP contribution in [-0.4, -0.2) is 29.1 Å². The van der Waals surface area contributed by atoms with Crippen molar-refractivity contribution in [3.63, 3.8) is 0 Å². The molecule has 3 aromatic rings. The van der Waals surface area contributed by atoms with Crippen LogP contribution in [-0.2, 0) is 12.0 Å². The summed E-state index contributed by atoms with van der Waals surface area (Å²) in [5, 5.41) is 6.74. The fourth-order valence-corrected chi connectivity index (χ4v) is 3.55. The molecule has 1 fully saturated rings. The van der Waals surface area contributed by atoms with Gasteiger partial charge >= 0.3 is 0 Å². The Hall–Kier alpha value is -2.42. The van der Waals surface area contributed by atoms with Crippen molar-refractivity contribution in [1.82, 2.24) is 20.2 Å². The molecule has 0 saturated heterocycles. The Morgan fingerprint density at radius 2 is 1.90 bits per heavy atom. The Balaban J connectivity index is 0.00000240. The first kappa shape index (κ1) is 21.3. The molecule has 4 rings (SSSR count). The van der Waals surface area contributed by atoms with E-state index in [1.165, 1.54) is 6.07 Å². The minimum Gasteiger partial charge on any atom is -0.356 e. The lowest BCUT2D eigenvalue weighted by molar-refractivity contribution is 0.559. The number of rotatable bonds is 6. The second kappa shape index (κ2) is 9.39. The van der Waals surface area contributed by atoms with E-state index in [4.69, 9.17) is 0 Å². The van der Waals surface area contributed by atoms with E-state index in [1.807, 2.05) is 35.0 Å². The van der Waals surface area contributed by atoms with Crippen LogP contribution in [0.4, 0.5) is 4.39 Å². The monoisotopic (exact) mass is 505 g/mol. The van der Waals surface area contributed by atoms with E-state index in [0.29, 0.717) is 19.0 Å². The molecule has 5 nitrogen and oxygen atoms in total. The summed E-state index contributed by atoms with van der Waals surface area (Å²) < 4.78 is 16.2. The normalized spacial score (nSPS) is 14.8. The van der Waals surface area contributed by atoms with E-state index in [2.05, 4.69) is 32.7 Å². The van der Waals surface area contributed by atoms with Gasteiger partial charge in [0.05, 0.1) is 12.0 Å². The van der Waals surface area contributed by atoms with Crippen molar-refractivity contribution in [1.29, 1.82) is 0 Å². The van der Waals surface area contributed by atoms with E-state index in [-0.39, 0.29) is 35.2 Å². The van der Waals surface area contributed by atoms with Gasteiger partial charge in [-0.2, -0.15) is 0 Å². The minimum absolute atomic E-state index is 0. The van der Waals surface area contributed by atoms with Gasteiger partial charge in [-0.3, -0.25) is 4.99 Å². The zero-order chi connectivity index (χ0) is 19.4. The average molecular weight is 505 g/mol. The summed E-state index contributed by atoms with van der Waals surface area (Å²) >= 11 is 0. The van der Waals surface area contributed by atoms with Gasteiger partial charge in [-0.1, -0.05) is 36.4 Å². The second-order valence-corrected chi connectivity index (χ2v) is 7.14. The van der Waals surface area contributed by atoms with Crippen LogP contribution in [0.1, 0.15) is 24.0 Å². The molecule has 152 valence electrons. The Kier molecular flexibility index (Phi) is 6.89. The molecule has 1 aliphatic rings. The summed E-state index contributed by atoms with van der Waals surface area (Å²) in [5.41, 5.74) is 2.88. The van der Waals surface area contributed by atoms with Crippen LogP contribution >= 0.6 is 24.0 Å². The quantitative estimate of drug-likeness (QED) is 0.302. The molecule has 7 heteroatoms. The summed E-state index contributed by atoms with van der Waals surface area (Å²) in [7, 11) is 1.75. The topological polar surface area (TPSA) is 54.2 Å². The van der Waals surface area contributed by atoms with Gasteiger partial charge < -0.3 is 15.2 Å². The van der Waals surface area contributed by atoms with Gasteiger partial charge in [0, 0.05) is 37.9 Å². The van der Waals surface area contributed by atoms with Gasteiger partial charge in [0.2, 0.25) is 0 Å². The number of benzene rings is 2. The third kappa shape index (κ3) is 4.77. The lowest BCUT2D eigenvalue weighted by Crippen LogP contribution is -2.41. The average Bonchev–Trinajstić information content (AvgIpc) is 3.31. The smallest absolute Gasteiger partial charge is 0.191 e. The Labute approximate surface area is 187 Å². The van der Waals surface area contributed by atoms with Crippen LogP contribution in [0.3, 0.4) is 0 Å². The Bertz CT molecular complexity index is 967. The van der Waals surface area contributed by atoms with Crippen LogP contribution in [0, 0.1) is 5.82 Å². The maximum Gasteiger partial charge on any atom is 0.191 e. The molecule has 2 N–H and O–H groups in total. The zero-order valence-electron chi connectivity index (χ0n) is 16.3. The molecular formula is C22H25FIN5. The van der Waals surface area contributed by atoms with Gasteiger partial charge in [0.25, 0.3) is 0 Å². The molecule has 1 aromatic heterocycles. The summed E-state index contributed by atoms with van der Waals surface area (Å²) in [6, 6.07) is 15.2. The van der Waals surface area contributed by atoms with Gasteiger partial charge in [-0.15, -0.1) is 24.0 Å². The van der Waals surface area contributed by atoms with Gasteiger partial charge in [0.1, 0.15) is 5.82 Å². The highest BCUT2D eigenvalue weighted by molar-refractivity contribution is 14.0. The number of aliphatic imine (C=N–C) groups is 1. The summed E-state index contributed by atoms with van der Waals surface area (Å²) in [6.45, 7) is 1.29. The van der Waals surface area contributed by atoms with Crippen molar-refractivity contribution in [2.45, 2.75) is 24.8 Å². The van der Waals surface area contributed by atoms with Crippen molar-refractivity contribution in [2.75, 3.05) is 13.6 Å². The number of halogens is 2. The summed E-state index contributed by atoms with van der Waals surface area (Å²) in [5.74, 6) is 0.585. The number of hydrogen-bond acceptors (Lipinski definition) is 2. The molecule has 0 spiro atoms. The highest BCUT2D eigenvalue weighted by Gasteiger charge is 2.45. The van der Waals surface area contributed by atoms with Crippen LogP contribution < -0.4 is 10.6 Å². The molecule has 2 aromatic carbocycles. The van der Waals surface area contributed by atoms with Crippen LogP contribution in [0.25, 0.3) is 5.69 Å². The highest BCUT2D eigenvalue weighted by Crippen LogP contribution is 2.48. The van der Waals surface area contributed by atoms with Crippen molar-refractivity contribution in [3.05, 3.63) is 84.2 Å². The molecule has 1 aliphatic carbocycles. The Morgan fingerprint density at radius 3 is 2.59 bits per heavy atom. The van der Waals surface area contributed by atoms with Crippen molar-refractivity contribution in [3.8, 4) is 5.69 Å². The predicted molar refractivity (Wildman–Crippen MR) is 124 cm³/mol. The van der Waals surface area contributed by atoms with Crippen LogP contribution in [0.2, 0.25) is 0 Å². The first-order chi connectivity index (χ1) is 13.7. The molecule has 0 bridgehead atoms. The summed E-state index contributed by atoms with van der Waals surface area (Å²) in [6.07, 6.45) is 7.46. The van der Waals surface area contributed by atoms with Gasteiger partial charge in [-0.05, 0) is 36.1 Å². The molecule has 29 heavy (non-hydrogen) atoms. The maximum absolute atomic E-state index is 14.2. The number of hydrogen-bond donors (Lipinski definition) is 2. The fraction of sp³-hybridized carbons (Fsp3) is 0.273. The van der Waals surface area contributed by atoms with E-state index in [9.17, 15) is 4.39 Å². The third-order valence-electron chi connectivity index (χ3n) is 5.34. The van der Waals surface area contributed by atoms with E-state index in [1.54, 1.807) is 25.6 Å². The largest absolute Gasteiger partial charge is 0.356 e. The number of nitrogens with zero attached hydrogens (tertiary/aromatic N) is 3. The number of guanidine groups is 1. The number of aromatic nitrogens is 2. The standard InChI is InChI=1S/C22H24FN5.HI/c1-24-21(27-15-22(10-11-22)18-7-3-4-8-19(18)23)26-14-17-6-2-5-9-20(17)28-13-12-25-16-28;/h2-9,12-13,16H,10-11,14-15H2,1H3,(H2,24,26,27);1H. The number of imidazole rings is 1. The fourth-order valence-electron chi connectivity index (χ4n) is 3.55. The van der Waals surface area contributed by atoms with Gasteiger partial charge in [-0.25, -0.2) is 9.37 Å². The molecule has 1 heterocycles. The molecule has 1 saturated carbocycles. The highest BCUT2D eigenvalue weighted by atomic mass is 127.